The van der Waals surface area contributed by atoms with Crippen LogP contribution in [0.25, 0.3) is 0 Å². The average molecular weight is 295 g/mol. The summed E-state index contributed by atoms with van der Waals surface area (Å²) in [5.41, 5.74) is 0.117. The number of carboxylic acids is 1. The minimum absolute atomic E-state index is 0.0363. The predicted molar refractivity (Wildman–Crippen MR) is 75.5 cm³/mol. The molecule has 3 rings (SSSR count). The van der Waals surface area contributed by atoms with Crippen LogP contribution in [0.3, 0.4) is 0 Å². The lowest BCUT2D eigenvalue weighted by molar-refractivity contribution is -0.0959. The van der Waals surface area contributed by atoms with Gasteiger partial charge in [0.15, 0.2) is 0 Å². The van der Waals surface area contributed by atoms with E-state index < -0.39 is 5.97 Å². The fraction of sp³-hybridized carbons (Fsp3) is 0.571. The summed E-state index contributed by atoms with van der Waals surface area (Å²) in [6, 6.07) is 1.53. The number of hydrogen-bond acceptors (Lipinski definition) is 5. The molecule has 0 aliphatic carbocycles. The first kappa shape index (κ1) is 13.7. The van der Waals surface area contributed by atoms with Crippen LogP contribution in [0.1, 0.15) is 29.6 Å². The average Bonchev–Trinajstić information content (AvgIpc) is 2.87. The summed E-state index contributed by atoms with van der Waals surface area (Å²) in [6.07, 6.45) is 5.76. The summed E-state index contributed by atoms with van der Waals surface area (Å²) >= 11 is 1.92. The van der Waals surface area contributed by atoms with Crippen molar-refractivity contribution in [2.45, 2.75) is 31.0 Å². The van der Waals surface area contributed by atoms with E-state index in [1.54, 1.807) is 6.20 Å². The second-order valence-electron chi connectivity index (χ2n) is 5.28. The van der Waals surface area contributed by atoms with Crippen molar-refractivity contribution in [3.63, 3.8) is 0 Å². The highest BCUT2D eigenvalue weighted by Crippen LogP contribution is 2.39. The number of aromatic carboxylic acids is 1. The first-order chi connectivity index (χ1) is 9.67. The SMILES string of the molecule is O=C(O)c1cncc(OC2CCOC3(CCSC3)C2)c1. The number of rotatable bonds is 3. The Morgan fingerprint density at radius 2 is 2.45 bits per heavy atom. The van der Waals surface area contributed by atoms with E-state index in [2.05, 4.69) is 4.98 Å². The number of ether oxygens (including phenoxy) is 2. The van der Waals surface area contributed by atoms with Crippen molar-refractivity contribution in [2.24, 2.45) is 0 Å². The fourth-order valence-corrected chi connectivity index (χ4v) is 4.12. The molecule has 0 radical (unpaired) electrons. The number of pyridine rings is 1. The lowest BCUT2D eigenvalue weighted by atomic mass is 9.91. The zero-order valence-corrected chi connectivity index (χ0v) is 11.9. The van der Waals surface area contributed by atoms with E-state index >= 15 is 0 Å². The molecule has 3 heterocycles. The number of nitrogens with zero attached hydrogens (tertiary/aromatic N) is 1. The topological polar surface area (TPSA) is 68.7 Å². The molecule has 1 aromatic heterocycles. The van der Waals surface area contributed by atoms with E-state index in [0.29, 0.717) is 12.4 Å². The van der Waals surface area contributed by atoms with Gasteiger partial charge in [0.05, 0.1) is 24.0 Å². The molecular formula is C14H17NO4S. The van der Waals surface area contributed by atoms with Crippen LogP contribution in [-0.2, 0) is 4.74 Å². The Morgan fingerprint density at radius 1 is 1.55 bits per heavy atom. The molecule has 0 aromatic carbocycles. The van der Waals surface area contributed by atoms with E-state index in [9.17, 15) is 4.79 Å². The highest BCUT2D eigenvalue weighted by molar-refractivity contribution is 7.99. The van der Waals surface area contributed by atoms with Crippen molar-refractivity contribution in [1.29, 1.82) is 0 Å². The number of aromatic nitrogens is 1. The molecule has 2 aliphatic rings. The van der Waals surface area contributed by atoms with E-state index in [0.717, 1.165) is 30.8 Å². The Hall–Kier alpha value is -1.27. The molecule has 2 saturated heterocycles. The van der Waals surface area contributed by atoms with Gasteiger partial charge in [0, 0.05) is 24.8 Å². The van der Waals surface area contributed by atoms with Crippen LogP contribution in [-0.4, -0.2) is 45.9 Å². The van der Waals surface area contributed by atoms with Crippen molar-refractivity contribution in [2.75, 3.05) is 18.1 Å². The highest BCUT2D eigenvalue weighted by atomic mass is 32.2. The van der Waals surface area contributed by atoms with Crippen molar-refractivity contribution in [3.8, 4) is 5.75 Å². The van der Waals surface area contributed by atoms with Gasteiger partial charge in [0.25, 0.3) is 0 Å². The number of carboxylic acid groups (broad SMARTS) is 1. The van der Waals surface area contributed by atoms with E-state index in [4.69, 9.17) is 14.6 Å². The molecule has 2 aliphatic heterocycles. The third-order valence-corrected chi connectivity index (χ3v) is 5.00. The molecule has 1 spiro atoms. The van der Waals surface area contributed by atoms with Crippen molar-refractivity contribution < 1.29 is 19.4 Å². The molecule has 2 atom stereocenters. The number of hydrogen-bond donors (Lipinski definition) is 1. The highest BCUT2D eigenvalue weighted by Gasteiger charge is 2.41. The molecule has 108 valence electrons. The minimum Gasteiger partial charge on any atom is -0.489 e. The van der Waals surface area contributed by atoms with Crippen LogP contribution in [0.5, 0.6) is 5.75 Å². The van der Waals surface area contributed by atoms with Crippen molar-refractivity contribution >= 4 is 17.7 Å². The molecule has 2 unspecified atom stereocenters. The maximum Gasteiger partial charge on any atom is 0.337 e. The van der Waals surface area contributed by atoms with Gasteiger partial charge in [-0.05, 0) is 18.2 Å². The first-order valence-electron chi connectivity index (χ1n) is 6.74. The van der Waals surface area contributed by atoms with Gasteiger partial charge >= 0.3 is 5.97 Å². The summed E-state index contributed by atoms with van der Waals surface area (Å²) in [4.78, 5) is 14.9. The van der Waals surface area contributed by atoms with Crippen molar-refractivity contribution in [3.05, 3.63) is 24.0 Å². The Morgan fingerprint density at radius 3 is 3.20 bits per heavy atom. The molecular weight excluding hydrogens is 278 g/mol. The summed E-state index contributed by atoms with van der Waals surface area (Å²) < 4.78 is 11.9. The minimum atomic E-state index is -0.987. The largest absolute Gasteiger partial charge is 0.489 e. The Balaban J connectivity index is 1.68. The molecule has 6 heteroatoms. The Bertz CT molecular complexity index is 502. The van der Waals surface area contributed by atoms with Crippen LogP contribution in [0.2, 0.25) is 0 Å². The van der Waals surface area contributed by atoms with Gasteiger partial charge in [-0.25, -0.2) is 4.79 Å². The molecule has 1 N–H and O–H groups in total. The molecule has 0 bridgehead atoms. The van der Waals surface area contributed by atoms with Gasteiger partial charge in [-0.15, -0.1) is 0 Å². The van der Waals surface area contributed by atoms with Gasteiger partial charge < -0.3 is 14.6 Å². The second-order valence-corrected chi connectivity index (χ2v) is 6.39. The Kier molecular flexibility index (Phi) is 3.85. The maximum atomic E-state index is 10.9. The van der Waals surface area contributed by atoms with E-state index in [1.807, 2.05) is 11.8 Å². The van der Waals surface area contributed by atoms with Crippen LogP contribution in [0.15, 0.2) is 18.5 Å². The monoisotopic (exact) mass is 295 g/mol. The second kappa shape index (κ2) is 5.61. The third-order valence-electron chi connectivity index (χ3n) is 3.78. The molecule has 1 aromatic rings. The lowest BCUT2D eigenvalue weighted by Crippen LogP contribution is -2.43. The quantitative estimate of drug-likeness (QED) is 0.922. The van der Waals surface area contributed by atoms with Gasteiger partial charge in [0.2, 0.25) is 0 Å². The van der Waals surface area contributed by atoms with E-state index in [1.165, 1.54) is 12.3 Å². The van der Waals surface area contributed by atoms with Gasteiger partial charge in [-0.1, -0.05) is 0 Å². The molecule has 5 nitrogen and oxygen atoms in total. The predicted octanol–water partition coefficient (Wildman–Crippen LogP) is 2.21. The lowest BCUT2D eigenvalue weighted by Gasteiger charge is -2.37. The third kappa shape index (κ3) is 2.91. The summed E-state index contributed by atoms with van der Waals surface area (Å²) in [5, 5.41) is 8.96. The van der Waals surface area contributed by atoms with Crippen molar-refractivity contribution in [1.82, 2.24) is 4.98 Å². The summed E-state index contributed by atoms with van der Waals surface area (Å²) in [7, 11) is 0. The molecule has 2 fully saturated rings. The number of thioether (sulfide) groups is 1. The summed E-state index contributed by atoms with van der Waals surface area (Å²) in [6.45, 7) is 0.706. The summed E-state index contributed by atoms with van der Waals surface area (Å²) in [5.74, 6) is 1.71. The van der Waals surface area contributed by atoms with E-state index in [-0.39, 0.29) is 17.3 Å². The van der Waals surface area contributed by atoms with Gasteiger partial charge in [-0.2, -0.15) is 11.8 Å². The van der Waals surface area contributed by atoms with Crippen LogP contribution in [0.4, 0.5) is 0 Å². The molecule has 0 amide bonds. The Labute approximate surface area is 121 Å². The zero-order chi connectivity index (χ0) is 14.0. The molecule has 0 saturated carbocycles. The fourth-order valence-electron chi connectivity index (χ4n) is 2.74. The number of carbonyl (C=O) groups is 1. The van der Waals surface area contributed by atoms with Crippen LogP contribution >= 0.6 is 11.8 Å². The smallest absolute Gasteiger partial charge is 0.337 e. The van der Waals surface area contributed by atoms with Gasteiger partial charge in [-0.3, -0.25) is 4.98 Å². The zero-order valence-electron chi connectivity index (χ0n) is 11.1. The van der Waals surface area contributed by atoms with Gasteiger partial charge in [0.1, 0.15) is 11.9 Å². The normalized spacial score (nSPS) is 29.5. The standard InChI is InChI=1S/C14H17NO4S/c16-13(17)10-5-12(8-15-7-10)19-11-1-3-18-14(6-11)2-4-20-9-14/h5,7-8,11H,1-4,6,9H2,(H,16,17). The maximum absolute atomic E-state index is 10.9. The van der Waals surface area contributed by atoms with Crippen LogP contribution in [0, 0.1) is 0 Å². The molecule has 20 heavy (non-hydrogen) atoms. The first-order valence-corrected chi connectivity index (χ1v) is 7.89. The van der Waals surface area contributed by atoms with Crippen LogP contribution < -0.4 is 4.74 Å².